The zero-order chi connectivity index (χ0) is 13.8. The molecule has 0 N–H and O–H groups in total. The van der Waals surface area contributed by atoms with E-state index in [0.29, 0.717) is 11.1 Å². The third-order valence-corrected chi connectivity index (χ3v) is 3.29. The second-order valence-corrected chi connectivity index (χ2v) is 4.65. The molecule has 19 heavy (non-hydrogen) atoms. The van der Waals surface area contributed by atoms with Gasteiger partial charge in [-0.05, 0) is 18.6 Å². The number of rotatable bonds is 4. The lowest BCUT2D eigenvalue weighted by molar-refractivity contribution is -0.118. The van der Waals surface area contributed by atoms with Gasteiger partial charge in [-0.15, -0.1) is 0 Å². The molecule has 0 fully saturated rings. The van der Waals surface area contributed by atoms with Gasteiger partial charge in [-0.25, -0.2) is 0 Å². The fourth-order valence-electron chi connectivity index (χ4n) is 1.94. The summed E-state index contributed by atoms with van der Waals surface area (Å²) in [5.41, 5.74) is 2.17. The van der Waals surface area contributed by atoms with Crippen LogP contribution < -0.4 is 0 Å². The molecule has 0 radical (unpaired) electrons. The van der Waals surface area contributed by atoms with Gasteiger partial charge in [0, 0.05) is 17.0 Å². The first kappa shape index (κ1) is 13.2. The van der Waals surface area contributed by atoms with Crippen LogP contribution in [0.4, 0.5) is 0 Å². The molecule has 0 aromatic heterocycles. The lowest BCUT2D eigenvalue weighted by atomic mass is 9.94. The van der Waals surface area contributed by atoms with E-state index in [4.69, 9.17) is 0 Å². The molecule has 2 aromatic rings. The molecular weight excluding hydrogens is 236 g/mol. The number of Topliss-reactive ketones (excluding diaryl/α,β-unsaturated/α-hetero) is 1. The highest BCUT2D eigenvalue weighted by Crippen LogP contribution is 2.19. The van der Waals surface area contributed by atoms with Gasteiger partial charge in [0.05, 0.1) is 0 Å². The van der Waals surface area contributed by atoms with Crippen molar-refractivity contribution >= 4 is 11.6 Å². The Hall–Kier alpha value is -2.22. The Morgan fingerprint density at radius 3 is 2.16 bits per heavy atom. The highest BCUT2D eigenvalue weighted by atomic mass is 16.1. The van der Waals surface area contributed by atoms with Crippen molar-refractivity contribution < 1.29 is 9.59 Å². The molecule has 0 bridgehead atoms. The lowest BCUT2D eigenvalue weighted by Gasteiger charge is -2.09. The molecule has 0 unspecified atom stereocenters. The van der Waals surface area contributed by atoms with E-state index in [-0.39, 0.29) is 17.5 Å². The van der Waals surface area contributed by atoms with Gasteiger partial charge in [-0.1, -0.05) is 55.5 Å². The van der Waals surface area contributed by atoms with Crippen LogP contribution in [0.15, 0.2) is 54.6 Å². The van der Waals surface area contributed by atoms with Crippen LogP contribution in [0, 0.1) is 0 Å². The summed E-state index contributed by atoms with van der Waals surface area (Å²) >= 11 is 0. The van der Waals surface area contributed by atoms with E-state index in [0.717, 1.165) is 5.56 Å². The van der Waals surface area contributed by atoms with Gasteiger partial charge < -0.3 is 0 Å². The summed E-state index contributed by atoms with van der Waals surface area (Å²) in [5.74, 6) is -0.0916. The van der Waals surface area contributed by atoms with E-state index in [1.54, 1.807) is 31.2 Å². The number of benzene rings is 2. The molecule has 2 aromatic carbocycles. The van der Waals surface area contributed by atoms with Crippen LogP contribution in [0.1, 0.15) is 41.3 Å². The smallest absolute Gasteiger partial charge is 0.193 e. The Morgan fingerprint density at radius 1 is 0.895 bits per heavy atom. The molecule has 2 rings (SSSR count). The molecule has 0 aliphatic heterocycles. The molecule has 0 amide bonds. The minimum Gasteiger partial charge on any atom is -0.299 e. The third-order valence-electron chi connectivity index (χ3n) is 3.29. The van der Waals surface area contributed by atoms with E-state index >= 15 is 0 Å². The zero-order valence-corrected chi connectivity index (χ0v) is 11.1. The highest BCUT2D eigenvalue weighted by Gasteiger charge is 2.14. The van der Waals surface area contributed by atoms with E-state index in [1.807, 2.05) is 37.3 Å². The maximum absolute atomic E-state index is 12.3. The van der Waals surface area contributed by atoms with Crippen molar-refractivity contribution in [2.75, 3.05) is 0 Å². The summed E-state index contributed by atoms with van der Waals surface area (Å²) in [6.07, 6.45) is 0. The second kappa shape index (κ2) is 5.61. The highest BCUT2D eigenvalue weighted by molar-refractivity contribution is 6.09. The molecular formula is C17H16O2. The van der Waals surface area contributed by atoms with Gasteiger partial charge in [0.25, 0.3) is 0 Å². The van der Waals surface area contributed by atoms with Crippen molar-refractivity contribution in [2.24, 2.45) is 0 Å². The predicted octanol–water partition coefficient (Wildman–Crippen LogP) is 3.61. The van der Waals surface area contributed by atoms with Gasteiger partial charge in [-0.3, -0.25) is 9.59 Å². The summed E-state index contributed by atoms with van der Waals surface area (Å²) in [6.45, 7) is 3.42. The van der Waals surface area contributed by atoms with Gasteiger partial charge in [0.15, 0.2) is 5.78 Å². The molecule has 0 heterocycles. The van der Waals surface area contributed by atoms with Gasteiger partial charge >= 0.3 is 0 Å². The molecule has 0 aliphatic carbocycles. The molecule has 0 saturated heterocycles. The minimum atomic E-state index is -0.177. The summed E-state index contributed by atoms with van der Waals surface area (Å²) in [5, 5.41) is 0. The monoisotopic (exact) mass is 252 g/mol. The van der Waals surface area contributed by atoms with Crippen LogP contribution in [-0.2, 0) is 4.79 Å². The van der Waals surface area contributed by atoms with Gasteiger partial charge in [0.1, 0.15) is 5.78 Å². The average Bonchev–Trinajstić information content (AvgIpc) is 2.46. The first-order valence-electron chi connectivity index (χ1n) is 6.29. The summed E-state index contributed by atoms with van der Waals surface area (Å²) in [4.78, 5) is 23.7. The average molecular weight is 252 g/mol. The lowest BCUT2D eigenvalue weighted by Crippen LogP contribution is -2.07. The van der Waals surface area contributed by atoms with Crippen LogP contribution >= 0.6 is 0 Å². The number of carbonyl (C=O) groups excluding carboxylic acids is 2. The summed E-state index contributed by atoms with van der Waals surface area (Å²) in [6, 6.07) is 16.5. The van der Waals surface area contributed by atoms with E-state index in [9.17, 15) is 9.59 Å². The Kier molecular flexibility index (Phi) is 3.91. The number of ketones is 2. The van der Waals surface area contributed by atoms with Crippen LogP contribution in [-0.4, -0.2) is 11.6 Å². The Labute approximate surface area is 113 Å². The molecule has 2 heteroatoms. The normalized spacial score (nSPS) is 11.9. The quantitative estimate of drug-likeness (QED) is 0.779. The third kappa shape index (κ3) is 2.97. The Morgan fingerprint density at radius 2 is 1.53 bits per heavy atom. The van der Waals surface area contributed by atoms with E-state index in [2.05, 4.69) is 0 Å². The van der Waals surface area contributed by atoms with Crippen LogP contribution in [0.5, 0.6) is 0 Å². The van der Waals surface area contributed by atoms with Crippen molar-refractivity contribution in [1.82, 2.24) is 0 Å². The van der Waals surface area contributed by atoms with Crippen molar-refractivity contribution in [2.45, 2.75) is 19.8 Å². The SMILES string of the molecule is CC(=O)[C@@H](C)c1cccc(C(=O)c2ccccc2)c1. The van der Waals surface area contributed by atoms with E-state index in [1.165, 1.54) is 0 Å². The van der Waals surface area contributed by atoms with Crippen molar-refractivity contribution in [3.8, 4) is 0 Å². The zero-order valence-electron chi connectivity index (χ0n) is 11.1. The Bertz CT molecular complexity index is 600. The fraction of sp³-hybridized carbons (Fsp3) is 0.176. The molecule has 0 spiro atoms. The van der Waals surface area contributed by atoms with Gasteiger partial charge in [0.2, 0.25) is 0 Å². The first-order valence-corrected chi connectivity index (χ1v) is 6.29. The number of carbonyl (C=O) groups is 2. The van der Waals surface area contributed by atoms with Crippen molar-refractivity contribution in [3.05, 3.63) is 71.3 Å². The minimum absolute atomic E-state index is 0.0156. The molecule has 0 saturated carbocycles. The van der Waals surface area contributed by atoms with Crippen molar-refractivity contribution in [1.29, 1.82) is 0 Å². The molecule has 96 valence electrons. The molecule has 2 nitrogen and oxygen atoms in total. The summed E-state index contributed by atoms with van der Waals surface area (Å²) in [7, 11) is 0. The van der Waals surface area contributed by atoms with Crippen LogP contribution in [0.3, 0.4) is 0 Å². The van der Waals surface area contributed by atoms with Crippen molar-refractivity contribution in [3.63, 3.8) is 0 Å². The maximum atomic E-state index is 12.3. The van der Waals surface area contributed by atoms with E-state index < -0.39 is 0 Å². The number of hydrogen-bond acceptors (Lipinski definition) is 2. The fourth-order valence-corrected chi connectivity index (χ4v) is 1.94. The topological polar surface area (TPSA) is 34.1 Å². The maximum Gasteiger partial charge on any atom is 0.193 e. The first-order chi connectivity index (χ1) is 9.09. The molecule has 1 atom stereocenters. The van der Waals surface area contributed by atoms with Gasteiger partial charge in [-0.2, -0.15) is 0 Å². The van der Waals surface area contributed by atoms with Crippen LogP contribution in [0.2, 0.25) is 0 Å². The summed E-state index contributed by atoms with van der Waals surface area (Å²) < 4.78 is 0. The largest absolute Gasteiger partial charge is 0.299 e. The Balaban J connectivity index is 2.34. The molecule has 0 aliphatic rings. The standard InChI is InChI=1S/C17H16O2/c1-12(13(2)18)15-9-6-10-16(11-15)17(19)14-7-4-3-5-8-14/h3-12H,1-2H3/t12-/m1/s1. The predicted molar refractivity (Wildman–Crippen MR) is 75.4 cm³/mol. The van der Waals surface area contributed by atoms with Crippen LogP contribution in [0.25, 0.3) is 0 Å². The second-order valence-electron chi connectivity index (χ2n) is 4.65. The number of hydrogen-bond donors (Lipinski definition) is 0.